The van der Waals surface area contributed by atoms with E-state index in [4.69, 9.17) is 22.7 Å². The fourth-order valence-electron chi connectivity index (χ4n) is 2.59. The summed E-state index contributed by atoms with van der Waals surface area (Å²) in [6.07, 6.45) is 1.01. The molecule has 21 heavy (non-hydrogen) atoms. The van der Waals surface area contributed by atoms with Crippen LogP contribution in [0.3, 0.4) is 0 Å². The van der Waals surface area contributed by atoms with E-state index < -0.39 is 11.7 Å². The molecule has 0 aliphatic heterocycles. The molecule has 116 valence electrons. The van der Waals surface area contributed by atoms with Gasteiger partial charge in [-0.05, 0) is 37.0 Å². The zero-order valence-corrected chi connectivity index (χ0v) is 12.4. The average molecular weight is 317 g/mol. The molecular formula is C15H18F3NOS. The van der Waals surface area contributed by atoms with Crippen LogP contribution in [-0.4, -0.2) is 11.6 Å². The summed E-state index contributed by atoms with van der Waals surface area (Å²) in [5.74, 6) is 0.197. The number of thiocarbonyl (C=S) groups is 1. The molecule has 2 N–H and O–H groups in total. The van der Waals surface area contributed by atoms with Gasteiger partial charge in [-0.3, -0.25) is 0 Å². The third kappa shape index (κ3) is 4.33. The standard InChI is InChI=1S/C15H18F3NOS/c16-15(17,18)12-8-11(14(19)21)6-7-13(12)20-9-10-4-2-1-3-5-10/h6-8,10H,1-5,9H2,(H2,19,21). The zero-order valence-electron chi connectivity index (χ0n) is 11.6. The largest absolute Gasteiger partial charge is 0.493 e. The molecule has 0 aromatic heterocycles. The lowest BCUT2D eigenvalue weighted by Crippen LogP contribution is -2.18. The second-order valence-electron chi connectivity index (χ2n) is 5.39. The van der Waals surface area contributed by atoms with Crippen molar-refractivity contribution >= 4 is 17.2 Å². The van der Waals surface area contributed by atoms with E-state index in [0.29, 0.717) is 12.5 Å². The first kappa shape index (κ1) is 16.1. The number of ether oxygens (including phenoxy) is 1. The van der Waals surface area contributed by atoms with Crippen LogP contribution in [0.15, 0.2) is 18.2 Å². The molecule has 1 aromatic rings. The van der Waals surface area contributed by atoms with Gasteiger partial charge < -0.3 is 10.5 Å². The van der Waals surface area contributed by atoms with Gasteiger partial charge in [0.15, 0.2) is 0 Å². The van der Waals surface area contributed by atoms with Crippen molar-refractivity contribution in [1.29, 1.82) is 0 Å². The average Bonchev–Trinajstić information content (AvgIpc) is 2.45. The number of alkyl halides is 3. The number of hydrogen-bond donors (Lipinski definition) is 1. The van der Waals surface area contributed by atoms with Gasteiger partial charge in [-0.15, -0.1) is 0 Å². The second-order valence-corrected chi connectivity index (χ2v) is 5.83. The Morgan fingerprint density at radius 1 is 1.24 bits per heavy atom. The summed E-state index contributed by atoms with van der Waals surface area (Å²) in [4.78, 5) is -0.0562. The minimum atomic E-state index is -4.48. The smallest absolute Gasteiger partial charge is 0.419 e. The molecule has 1 fully saturated rings. The van der Waals surface area contributed by atoms with Gasteiger partial charge in [0.25, 0.3) is 0 Å². The SMILES string of the molecule is NC(=S)c1ccc(OCC2CCCCC2)c(C(F)(F)F)c1. The molecule has 1 saturated carbocycles. The summed E-state index contributed by atoms with van der Waals surface area (Å²) in [7, 11) is 0. The summed E-state index contributed by atoms with van der Waals surface area (Å²) in [6.45, 7) is 0.329. The van der Waals surface area contributed by atoms with Crippen LogP contribution in [0.4, 0.5) is 13.2 Å². The molecule has 1 aliphatic rings. The van der Waals surface area contributed by atoms with Crippen molar-refractivity contribution < 1.29 is 17.9 Å². The molecule has 0 spiro atoms. The first-order valence-electron chi connectivity index (χ1n) is 7.02. The van der Waals surface area contributed by atoms with Gasteiger partial charge in [-0.2, -0.15) is 13.2 Å². The van der Waals surface area contributed by atoms with Crippen LogP contribution >= 0.6 is 12.2 Å². The van der Waals surface area contributed by atoms with E-state index >= 15 is 0 Å². The van der Waals surface area contributed by atoms with Crippen molar-refractivity contribution in [2.24, 2.45) is 11.7 Å². The number of benzene rings is 1. The quantitative estimate of drug-likeness (QED) is 0.841. The van der Waals surface area contributed by atoms with Gasteiger partial charge in [0.05, 0.1) is 12.2 Å². The maximum absolute atomic E-state index is 13.1. The van der Waals surface area contributed by atoms with Gasteiger partial charge in [0.2, 0.25) is 0 Å². The molecule has 2 nitrogen and oxygen atoms in total. The summed E-state index contributed by atoms with van der Waals surface area (Å²) >= 11 is 4.72. The molecule has 0 saturated heterocycles. The monoisotopic (exact) mass is 317 g/mol. The van der Waals surface area contributed by atoms with Crippen LogP contribution in [0.5, 0.6) is 5.75 Å². The third-order valence-electron chi connectivity index (χ3n) is 3.77. The van der Waals surface area contributed by atoms with Crippen molar-refractivity contribution in [2.45, 2.75) is 38.3 Å². The lowest BCUT2D eigenvalue weighted by atomic mass is 9.90. The normalized spacial score (nSPS) is 16.7. The van der Waals surface area contributed by atoms with Gasteiger partial charge in [0, 0.05) is 5.56 Å². The summed E-state index contributed by atoms with van der Waals surface area (Å²) in [5.41, 5.74) is 4.77. The number of halogens is 3. The Balaban J connectivity index is 2.15. The molecular weight excluding hydrogens is 299 g/mol. The molecule has 0 unspecified atom stereocenters. The summed E-state index contributed by atoms with van der Waals surface area (Å²) in [6, 6.07) is 3.73. The topological polar surface area (TPSA) is 35.2 Å². The van der Waals surface area contributed by atoms with Gasteiger partial charge in [-0.1, -0.05) is 31.5 Å². The molecule has 0 radical (unpaired) electrons. The number of hydrogen-bond acceptors (Lipinski definition) is 2. The van der Waals surface area contributed by atoms with E-state index in [1.165, 1.54) is 18.6 Å². The molecule has 0 bridgehead atoms. The fraction of sp³-hybridized carbons (Fsp3) is 0.533. The van der Waals surface area contributed by atoms with Gasteiger partial charge >= 0.3 is 6.18 Å². The third-order valence-corrected chi connectivity index (χ3v) is 4.00. The molecule has 6 heteroatoms. The van der Waals surface area contributed by atoms with E-state index in [1.807, 2.05) is 0 Å². The molecule has 0 heterocycles. The van der Waals surface area contributed by atoms with Crippen molar-refractivity contribution in [3.05, 3.63) is 29.3 Å². The van der Waals surface area contributed by atoms with Crippen molar-refractivity contribution in [3.63, 3.8) is 0 Å². The number of nitrogens with two attached hydrogens (primary N) is 1. The Kier molecular flexibility index (Phi) is 5.08. The lowest BCUT2D eigenvalue weighted by molar-refractivity contribution is -0.139. The predicted octanol–water partition coefficient (Wildman–Crippen LogP) is 4.30. The molecule has 2 rings (SSSR count). The van der Waals surface area contributed by atoms with Crippen LogP contribution in [0, 0.1) is 5.92 Å². The highest BCUT2D eigenvalue weighted by Gasteiger charge is 2.35. The lowest BCUT2D eigenvalue weighted by Gasteiger charge is -2.23. The first-order valence-corrected chi connectivity index (χ1v) is 7.42. The Hall–Kier alpha value is -1.30. The molecule has 1 aromatic carbocycles. The van der Waals surface area contributed by atoms with Crippen LogP contribution in [0.1, 0.15) is 43.2 Å². The van der Waals surface area contributed by atoms with E-state index in [0.717, 1.165) is 31.7 Å². The Labute approximate surface area is 127 Å². The van der Waals surface area contributed by atoms with Gasteiger partial charge in [0.1, 0.15) is 10.7 Å². The highest BCUT2D eigenvalue weighted by Crippen LogP contribution is 2.37. The summed E-state index contributed by atoms with van der Waals surface area (Å²) < 4.78 is 44.7. The van der Waals surface area contributed by atoms with Crippen LogP contribution < -0.4 is 10.5 Å². The predicted molar refractivity (Wildman–Crippen MR) is 79.4 cm³/mol. The molecule has 0 atom stereocenters. The fourth-order valence-corrected chi connectivity index (χ4v) is 2.72. The first-order chi connectivity index (χ1) is 9.88. The molecule has 1 aliphatic carbocycles. The van der Waals surface area contributed by atoms with Crippen LogP contribution in [0.25, 0.3) is 0 Å². The molecule has 0 amide bonds. The Bertz CT molecular complexity index is 510. The van der Waals surface area contributed by atoms with Crippen molar-refractivity contribution in [1.82, 2.24) is 0 Å². The maximum atomic E-state index is 13.1. The van der Waals surface area contributed by atoms with E-state index in [1.54, 1.807) is 0 Å². The Morgan fingerprint density at radius 2 is 1.90 bits per heavy atom. The van der Waals surface area contributed by atoms with Crippen LogP contribution in [0.2, 0.25) is 0 Å². The van der Waals surface area contributed by atoms with Crippen molar-refractivity contribution in [2.75, 3.05) is 6.61 Å². The maximum Gasteiger partial charge on any atom is 0.419 e. The van der Waals surface area contributed by atoms with E-state index in [9.17, 15) is 13.2 Å². The number of rotatable bonds is 4. The zero-order chi connectivity index (χ0) is 15.5. The minimum absolute atomic E-state index is 0.0562. The van der Waals surface area contributed by atoms with Crippen molar-refractivity contribution in [3.8, 4) is 5.75 Å². The van der Waals surface area contributed by atoms with Crippen LogP contribution in [-0.2, 0) is 6.18 Å². The highest BCUT2D eigenvalue weighted by molar-refractivity contribution is 7.80. The Morgan fingerprint density at radius 3 is 2.48 bits per heavy atom. The summed E-state index contributed by atoms with van der Waals surface area (Å²) in [5, 5.41) is 0. The minimum Gasteiger partial charge on any atom is -0.493 e. The van der Waals surface area contributed by atoms with E-state index in [-0.39, 0.29) is 16.3 Å². The van der Waals surface area contributed by atoms with Gasteiger partial charge in [-0.25, -0.2) is 0 Å². The highest BCUT2D eigenvalue weighted by atomic mass is 32.1. The van der Waals surface area contributed by atoms with E-state index in [2.05, 4.69) is 0 Å². The second kappa shape index (κ2) is 6.64.